The molecule has 1 aromatic rings. The van der Waals surface area contributed by atoms with E-state index >= 15 is 0 Å². The van der Waals surface area contributed by atoms with Crippen molar-refractivity contribution in [1.82, 2.24) is 4.90 Å². The van der Waals surface area contributed by atoms with Crippen molar-refractivity contribution in [3.8, 4) is 6.07 Å². The molecule has 0 saturated carbocycles. The van der Waals surface area contributed by atoms with Crippen LogP contribution in [0.15, 0.2) is 18.2 Å². The molecule has 1 rings (SSSR count). The molecule has 0 saturated heterocycles. The number of carbonyl (C=O) groups excluding carboxylic acids is 1. The zero-order valence-corrected chi connectivity index (χ0v) is 11.6. The summed E-state index contributed by atoms with van der Waals surface area (Å²) in [6.45, 7) is 3.49. The van der Waals surface area contributed by atoms with E-state index in [0.717, 1.165) is 0 Å². The Labute approximate surface area is 117 Å². The summed E-state index contributed by atoms with van der Waals surface area (Å²) in [6, 6.07) is 6.90. The summed E-state index contributed by atoms with van der Waals surface area (Å²) in [5.74, 6) is -0.0812. The van der Waals surface area contributed by atoms with Gasteiger partial charge in [0.25, 0.3) is 0 Å². The van der Waals surface area contributed by atoms with E-state index < -0.39 is 0 Å². The average Bonchev–Trinajstić information content (AvgIpc) is 2.37. The molecular formula is C13H14Cl2N2O. The van der Waals surface area contributed by atoms with E-state index in [1.165, 1.54) is 0 Å². The Bertz CT molecular complexity index is 469. The molecule has 18 heavy (non-hydrogen) atoms. The lowest BCUT2D eigenvalue weighted by Crippen LogP contribution is -2.30. The Morgan fingerprint density at radius 2 is 2.17 bits per heavy atom. The molecule has 5 heteroatoms. The van der Waals surface area contributed by atoms with Crippen molar-refractivity contribution in [2.24, 2.45) is 0 Å². The van der Waals surface area contributed by atoms with Gasteiger partial charge in [-0.15, -0.1) is 0 Å². The number of nitriles is 1. The summed E-state index contributed by atoms with van der Waals surface area (Å²) >= 11 is 11.8. The fourth-order valence-electron chi connectivity index (χ4n) is 1.56. The van der Waals surface area contributed by atoms with Crippen LogP contribution in [0.4, 0.5) is 0 Å². The van der Waals surface area contributed by atoms with Crippen LogP contribution in [0.2, 0.25) is 10.0 Å². The second-order valence-corrected chi connectivity index (χ2v) is 4.67. The predicted octanol–water partition coefficient (Wildman–Crippen LogP) is 3.41. The molecule has 0 atom stereocenters. The van der Waals surface area contributed by atoms with Gasteiger partial charge in [-0.25, -0.2) is 0 Å². The zero-order valence-electron chi connectivity index (χ0n) is 10.1. The largest absolute Gasteiger partial charge is 0.295 e. The van der Waals surface area contributed by atoms with E-state index in [1.54, 1.807) is 18.2 Å². The number of likely N-dealkylation sites (N-methyl/N-ethyl adjacent to an activating group) is 1. The molecule has 0 aliphatic carbocycles. The van der Waals surface area contributed by atoms with Crippen LogP contribution in [0.1, 0.15) is 23.7 Å². The van der Waals surface area contributed by atoms with E-state index in [2.05, 4.69) is 6.07 Å². The molecule has 0 heterocycles. The Hall–Kier alpha value is -1.08. The van der Waals surface area contributed by atoms with E-state index in [-0.39, 0.29) is 12.3 Å². The van der Waals surface area contributed by atoms with Crippen molar-refractivity contribution in [2.45, 2.75) is 13.3 Å². The van der Waals surface area contributed by atoms with E-state index in [0.29, 0.717) is 35.1 Å². The lowest BCUT2D eigenvalue weighted by Gasteiger charge is -2.18. The number of hydrogen-bond donors (Lipinski definition) is 0. The van der Waals surface area contributed by atoms with Crippen LogP contribution in [0, 0.1) is 11.3 Å². The molecule has 0 radical (unpaired) electrons. The second-order valence-electron chi connectivity index (χ2n) is 3.82. The molecule has 0 amide bonds. The maximum Gasteiger partial charge on any atom is 0.178 e. The molecule has 3 nitrogen and oxygen atoms in total. The van der Waals surface area contributed by atoms with Gasteiger partial charge in [-0.3, -0.25) is 9.69 Å². The smallest absolute Gasteiger partial charge is 0.178 e. The first-order chi connectivity index (χ1) is 8.58. The lowest BCUT2D eigenvalue weighted by atomic mass is 10.1. The topological polar surface area (TPSA) is 44.1 Å². The molecule has 1 aromatic carbocycles. The Kier molecular flexibility index (Phi) is 6.14. The van der Waals surface area contributed by atoms with Crippen LogP contribution in [0.3, 0.4) is 0 Å². The minimum atomic E-state index is -0.0812. The van der Waals surface area contributed by atoms with Gasteiger partial charge in [-0.2, -0.15) is 5.26 Å². The first-order valence-electron chi connectivity index (χ1n) is 5.66. The normalized spacial score (nSPS) is 10.4. The number of nitrogens with zero attached hydrogens (tertiary/aromatic N) is 2. The van der Waals surface area contributed by atoms with Gasteiger partial charge in [-0.05, 0) is 24.7 Å². The standard InChI is InChI=1S/C13H14Cl2N2O/c1-2-17(7-3-6-16)9-13(18)11-8-10(14)4-5-12(11)15/h4-5,8H,2-3,7,9H2,1H3. The first kappa shape index (κ1) is 15.0. The first-order valence-corrected chi connectivity index (χ1v) is 6.41. The van der Waals surface area contributed by atoms with Crippen molar-refractivity contribution in [1.29, 1.82) is 5.26 Å². The summed E-state index contributed by atoms with van der Waals surface area (Å²) in [5, 5.41) is 9.43. The summed E-state index contributed by atoms with van der Waals surface area (Å²) in [5.41, 5.74) is 0.430. The number of halogens is 2. The van der Waals surface area contributed by atoms with Gasteiger partial charge in [0.1, 0.15) is 0 Å². The molecule has 0 bridgehead atoms. The molecule has 0 aliphatic heterocycles. The summed E-state index contributed by atoms with van der Waals surface area (Å²) < 4.78 is 0. The van der Waals surface area contributed by atoms with Gasteiger partial charge >= 0.3 is 0 Å². The Balaban J connectivity index is 2.75. The second kappa shape index (κ2) is 7.38. The number of Topliss-reactive ketones (excluding diaryl/α,β-unsaturated/α-hetero) is 1. The van der Waals surface area contributed by atoms with Crippen LogP contribution in [-0.4, -0.2) is 30.3 Å². The van der Waals surface area contributed by atoms with Crippen LogP contribution in [0.25, 0.3) is 0 Å². The van der Waals surface area contributed by atoms with Gasteiger partial charge in [0, 0.05) is 23.6 Å². The van der Waals surface area contributed by atoms with Crippen LogP contribution in [0.5, 0.6) is 0 Å². The number of ketones is 1. The molecule has 0 spiro atoms. The minimum Gasteiger partial charge on any atom is -0.295 e. The van der Waals surface area contributed by atoms with E-state index in [4.69, 9.17) is 28.5 Å². The van der Waals surface area contributed by atoms with Crippen LogP contribution < -0.4 is 0 Å². The molecule has 0 N–H and O–H groups in total. The third-order valence-electron chi connectivity index (χ3n) is 2.58. The third-order valence-corrected chi connectivity index (χ3v) is 3.15. The molecule has 0 unspecified atom stereocenters. The van der Waals surface area contributed by atoms with Crippen molar-refractivity contribution in [3.63, 3.8) is 0 Å². The number of carbonyl (C=O) groups is 1. The van der Waals surface area contributed by atoms with Crippen LogP contribution in [-0.2, 0) is 0 Å². The highest BCUT2D eigenvalue weighted by molar-refractivity contribution is 6.36. The monoisotopic (exact) mass is 284 g/mol. The fraction of sp³-hybridized carbons (Fsp3) is 0.385. The van der Waals surface area contributed by atoms with Crippen molar-refractivity contribution < 1.29 is 4.79 Å². The van der Waals surface area contributed by atoms with Crippen molar-refractivity contribution in [3.05, 3.63) is 33.8 Å². The van der Waals surface area contributed by atoms with Crippen molar-refractivity contribution in [2.75, 3.05) is 19.6 Å². The van der Waals surface area contributed by atoms with Gasteiger partial charge < -0.3 is 0 Å². The van der Waals surface area contributed by atoms with Crippen molar-refractivity contribution >= 4 is 29.0 Å². The Morgan fingerprint density at radius 1 is 1.44 bits per heavy atom. The highest BCUT2D eigenvalue weighted by Gasteiger charge is 2.14. The summed E-state index contributed by atoms with van der Waals surface area (Å²) in [6.07, 6.45) is 0.407. The quantitative estimate of drug-likeness (QED) is 0.752. The number of rotatable bonds is 6. The number of hydrogen-bond acceptors (Lipinski definition) is 3. The molecule has 0 fully saturated rings. The van der Waals surface area contributed by atoms with E-state index in [9.17, 15) is 4.79 Å². The summed E-state index contributed by atoms with van der Waals surface area (Å²) in [4.78, 5) is 14.0. The molecular weight excluding hydrogens is 271 g/mol. The molecule has 0 aromatic heterocycles. The molecule has 96 valence electrons. The van der Waals surface area contributed by atoms with Gasteiger partial charge in [0.15, 0.2) is 5.78 Å². The number of benzene rings is 1. The highest BCUT2D eigenvalue weighted by Crippen LogP contribution is 2.21. The highest BCUT2D eigenvalue weighted by atomic mass is 35.5. The van der Waals surface area contributed by atoms with Gasteiger partial charge in [-0.1, -0.05) is 30.1 Å². The summed E-state index contributed by atoms with van der Waals surface area (Å²) in [7, 11) is 0. The van der Waals surface area contributed by atoms with Crippen LogP contribution >= 0.6 is 23.2 Å². The third kappa shape index (κ3) is 4.30. The van der Waals surface area contributed by atoms with Gasteiger partial charge in [0.2, 0.25) is 0 Å². The minimum absolute atomic E-state index is 0.0812. The van der Waals surface area contributed by atoms with Gasteiger partial charge in [0.05, 0.1) is 17.6 Å². The zero-order chi connectivity index (χ0) is 13.5. The molecule has 0 aliphatic rings. The lowest BCUT2D eigenvalue weighted by molar-refractivity contribution is 0.0935. The maximum absolute atomic E-state index is 12.1. The Morgan fingerprint density at radius 3 is 2.78 bits per heavy atom. The predicted molar refractivity (Wildman–Crippen MR) is 73.1 cm³/mol. The fourth-order valence-corrected chi connectivity index (χ4v) is 1.95. The SMILES string of the molecule is CCN(CCC#N)CC(=O)c1cc(Cl)ccc1Cl. The average molecular weight is 285 g/mol. The van der Waals surface area contributed by atoms with E-state index in [1.807, 2.05) is 11.8 Å². The maximum atomic E-state index is 12.1.